The van der Waals surface area contributed by atoms with Gasteiger partial charge in [0.25, 0.3) is 0 Å². The fourth-order valence-electron chi connectivity index (χ4n) is 2.32. The second-order valence-electron chi connectivity index (χ2n) is 5.39. The number of rotatable bonds is 7. The number of nitrogens with two attached hydrogens (primary N) is 1. The molecule has 1 rings (SSSR count). The molecule has 2 unspecified atom stereocenters. The molecule has 0 aromatic heterocycles. The van der Waals surface area contributed by atoms with E-state index in [1.54, 1.807) is 0 Å². The van der Waals surface area contributed by atoms with Gasteiger partial charge in [-0.15, -0.1) is 0 Å². The van der Waals surface area contributed by atoms with Crippen LogP contribution in [0.25, 0.3) is 0 Å². The van der Waals surface area contributed by atoms with Gasteiger partial charge in [-0.25, -0.2) is 0 Å². The smallest absolute Gasteiger partial charge is 0.0342 e. The van der Waals surface area contributed by atoms with Crippen LogP contribution in [0.2, 0.25) is 0 Å². The molecule has 2 atom stereocenters. The van der Waals surface area contributed by atoms with Crippen molar-refractivity contribution in [2.75, 3.05) is 20.6 Å². The van der Waals surface area contributed by atoms with Crippen LogP contribution in [0.3, 0.4) is 0 Å². The maximum absolute atomic E-state index is 5.62. The molecule has 1 aromatic carbocycles. The maximum Gasteiger partial charge on any atom is 0.0342 e. The summed E-state index contributed by atoms with van der Waals surface area (Å²) in [5, 5.41) is 0. The summed E-state index contributed by atoms with van der Waals surface area (Å²) in [5.74, 6) is 0.654. The Labute approximate surface area is 112 Å². The summed E-state index contributed by atoms with van der Waals surface area (Å²) in [7, 11) is 4.29. The van der Waals surface area contributed by atoms with Gasteiger partial charge in [-0.3, -0.25) is 0 Å². The molecule has 0 bridgehead atoms. The number of hydrogen-bond donors (Lipinski definition) is 1. The zero-order valence-corrected chi connectivity index (χ0v) is 12.3. The van der Waals surface area contributed by atoms with Crippen molar-refractivity contribution in [3.63, 3.8) is 0 Å². The van der Waals surface area contributed by atoms with Gasteiger partial charge >= 0.3 is 0 Å². The van der Waals surface area contributed by atoms with Gasteiger partial charge in [-0.05, 0) is 56.9 Å². The highest BCUT2D eigenvalue weighted by molar-refractivity contribution is 5.27. The molecule has 1 aromatic rings. The molecule has 2 heteroatoms. The van der Waals surface area contributed by atoms with E-state index in [4.69, 9.17) is 5.73 Å². The SMILES string of the molecule is CCC(C)c1ccc(C(CCCN)N(C)C)cc1. The quantitative estimate of drug-likeness (QED) is 0.799. The van der Waals surface area contributed by atoms with Gasteiger partial charge in [0.15, 0.2) is 0 Å². The highest BCUT2D eigenvalue weighted by atomic mass is 15.1. The molecule has 0 aliphatic heterocycles. The minimum absolute atomic E-state index is 0.486. The molecule has 0 saturated carbocycles. The Kier molecular flexibility index (Phi) is 6.37. The fourth-order valence-corrected chi connectivity index (χ4v) is 2.32. The fraction of sp³-hybridized carbons (Fsp3) is 0.625. The Morgan fingerprint density at radius 3 is 2.11 bits per heavy atom. The molecule has 18 heavy (non-hydrogen) atoms. The van der Waals surface area contributed by atoms with Crippen LogP contribution >= 0.6 is 0 Å². The number of hydrogen-bond acceptors (Lipinski definition) is 2. The molecule has 0 fully saturated rings. The van der Waals surface area contributed by atoms with Crippen molar-refractivity contribution in [2.24, 2.45) is 5.73 Å². The third-order valence-electron chi connectivity index (χ3n) is 3.81. The van der Waals surface area contributed by atoms with E-state index < -0.39 is 0 Å². The zero-order chi connectivity index (χ0) is 13.5. The van der Waals surface area contributed by atoms with E-state index in [9.17, 15) is 0 Å². The van der Waals surface area contributed by atoms with E-state index in [2.05, 4.69) is 57.1 Å². The summed E-state index contributed by atoms with van der Waals surface area (Å²) in [5.41, 5.74) is 8.46. The van der Waals surface area contributed by atoms with Crippen LogP contribution in [0, 0.1) is 0 Å². The second-order valence-corrected chi connectivity index (χ2v) is 5.39. The summed E-state index contributed by atoms with van der Waals surface area (Å²) in [4.78, 5) is 2.29. The summed E-state index contributed by atoms with van der Waals surface area (Å²) in [6, 6.07) is 9.61. The molecule has 0 radical (unpaired) electrons. The molecule has 102 valence electrons. The minimum Gasteiger partial charge on any atom is -0.330 e. The molecule has 0 spiro atoms. The molecule has 0 amide bonds. The van der Waals surface area contributed by atoms with Crippen LogP contribution in [0.15, 0.2) is 24.3 Å². The molecule has 0 saturated heterocycles. The largest absolute Gasteiger partial charge is 0.330 e. The zero-order valence-electron chi connectivity index (χ0n) is 12.3. The Balaban J connectivity index is 2.80. The first-order valence-corrected chi connectivity index (χ1v) is 7.06. The summed E-state index contributed by atoms with van der Waals surface area (Å²) in [6.45, 7) is 5.30. The molecule has 2 nitrogen and oxygen atoms in total. The van der Waals surface area contributed by atoms with E-state index in [1.807, 2.05) is 0 Å². The van der Waals surface area contributed by atoms with Crippen molar-refractivity contribution in [1.82, 2.24) is 4.90 Å². The maximum atomic E-state index is 5.62. The van der Waals surface area contributed by atoms with Crippen LogP contribution in [0.4, 0.5) is 0 Å². The van der Waals surface area contributed by atoms with E-state index in [0.29, 0.717) is 12.0 Å². The third-order valence-corrected chi connectivity index (χ3v) is 3.81. The van der Waals surface area contributed by atoms with Crippen LogP contribution in [0.1, 0.15) is 56.2 Å². The topological polar surface area (TPSA) is 29.3 Å². The Bertz CT molecular complexity index is 329. The van der Waals surface area contributed by atoms with Gasteiger partial charge in [-0.1, -0.05) is 38.1 Å². The lowest BCUT2D eigenvalue weighted by molar-refractivity contribution is 0.280. The van der Waals surface area contributed by atoms with Gasteiger partial charge in [0.05, 0.1) is 0 Å². The van der Waals surface area contributed by atoms with E-state index in [-0.39, 0.29) is 0 Å². The first-order valence-electron chi connectivity index (χ1n) is 7.06. The van der Waals surface area contributed by atoms with Gasteiger partial charge in [0.1, 0.15) is 0 Å². The van der Waals surface area contributed by atoms with Crippen LogP contribution in [0.5, 0.6) is 0 Å². The highest BCUT2D eigenvalue weighted by Crippen LogP contribution is 2.26. The molecule has 0 aliphatic rings. The average molecular weight is 248 g/mol. The van der Waals surface area contributed by atoms with Crippen molar-refractivity contribution < 1.29 is 0 Å². The van der Waals surface area contributed by atoms with E-state index >= 15 is 0 Å². The highest BCUT2D eigenvalue weighted by Gasteiger charge is 2.13. The first-order chi connectivity index (χ1) is 8.60. The van der Waals surface area contributed by atoms with Gasteiger partial charge in [0, 0.05) is 6.04 Å². The Hall–Kier alpha value is -0.860. The van der Waals surface area contributed by atoms with E-state index in [0.717, 1.165) is 19.4 Å². The third kappa shape index (κ3) is 4.11. The predicted molar refractivity (Wildman–Crippen MR) is 79.9 cm³/mol. The Morgan fingerprint density at radius 1 is 1.11 bits per heavy atom. The number of nitrogens with zero attached hydrogens (tertiary/aromatic N) is 1. The normalized spacial score (nSPS) is 14.8. The number of benzene rings is 1. The van der Waals surface area contributed by atoms with Crippen molar-refractivity contribution >= 4 is 0 Å². The van der Waals surface area contributed by atoms with Crippen molar-refractivity contribution in [3.05, 3.63) is 35.4 Å². The van der Waals surface area contributed by atoms with Crippen LogP contribution in [-0.4, -0.2) is 25.5 Å². The second kappa shape index (κ2) is 7.55. The molecular formula is C16H28N2. The molecular weight excluding hydrogens is 220 g/mol. The monoisotopic (exact) mass is 248 g/mol. The molecule has 2 N–H and O–H groups in total. The molecule has 0 heterocycles. The Morgan fingerprint density at radius 2 is 1.67 bits per heavy atom. The van der Waals surface area contributed by atoms with Crippen molar-refractivity contribution in [1.29, 1.82) is 0 Å². The molecule has 0 aliphatic carbocycles. The summed E-state index contributed by atoms with van der Waals surface area (Å²) >= 11 is 0. The predicted octanol–water partition coefficient (Wildman–Crippen LogP) is 3.54. The van der Waals surface area contributed by atoms with Crippen molar-refractivity contribution in [2.45, 2.75) is 45.1 Å². The first kappa shape index (κ1) is 15.2. The van der Waals surface area contributed by atoms with Gasteiger partial charge in [-0.2, -0.15) is 0 Å². The standard InChI is InChI=1S/C16H28N2/c1-5-13(2)14-8-10-15(11-9-14)16(18(3)4)7-6-12-17/h8-11,13,16H,5-7,12,17H2,1-4H3. The lowest BCUT2D eigenvalue weighted by atomic mass is 9.94. The minimum atomic E-state index is 0.486. The van der Waals surface area contributed by atoms with Gasteiger partial charge < -0.3 is 10.6 Å². The lowest BCUT2D eigenvalue weighted by Crippen LogP contribution is -2.21. The van der Waals surface area contributed by atoms with Gasteiger partial charge in [0.2, 0.25) is 0 Å². The summed E-state index contributed by atoms with van der Waals surface area (Å²) in [6.07, 6.45) is 3.41. The van der Waals surface area contributed by atoms with Crippen LogP contribution in [-0.2, 0) is 0 Å². The summed E-state index contributed by atoms with van der Waals surface area (Å²) < 4.78 is 0. The lowest BCUT2D eigenvalue weighted by Gasteiger charge is -2.25. The van der Waals surface area contributed by atoms with E-state index in [1.165, 1.54) is 17.5 Å². The van der Waals surface area contributed by atoms with Crippen molar-refractivity contribution in [3.8, 4) is 0 Å². The average Bonchev–Trinajstić information content (AvgIpc) is 2.38. The van der Waals surface area contributed by atoms with Crippen LogP contribution < -0.4 is 5.73 Å².